The monoisotopic (exact) mass is 478 g/mol. The van der Waals surface area contributed by atoms with Crippen LogP contribution in [0.15, 0.2) is 65.6 Å². The van der Waals surface area contributed by atoms with Crippen molar-refractivity contribution < 1.29 is 17.9 Å². The lowest BCUT2D eigenvalue weighted by molar-refractivity contribution is -0.118. The Hall–Kier alpha value is -3.32. The number of carbonyl (C=O) groups is 1. The van der Waals surface area contributed by atoms with Crippen LogP contribution in [0.4, 0.5) is 11.4 Å². The summed E-state index contributed by atoms with van der Waals surface area (Å²) in [6, 6.07) is 18.3. The van der Waals surface area contributed by atoms with Crippen LogP contribution in [0.25, 0.3) is 0 Å². The SMILES string of the molecule is Cc1cc(S(=O)(=O)N2CCc3ccccc32)ccc1OCC(=O)Nc1c(C)cccc1C(C)C. The molecule has 178 valence electrons. The molecular formula is C27H30N2O4S. The number of carbonyl (C=O) groups excluding carboxylic acids is 1. The average molecular weight is 479 g/mol. The number of aryl methyl sites for hydroxylation is 2. The third-order valence-corrected chi connectivity index (χ3v) is 7.94. The molecule has 0 aromatic heterocycles. The van der Waals surface area contributed by atoms with E-state index in [4.69, 9.17) is 4.74 Å². The van der Waals surface area contributed by atoms with Crippen molar-refractivity contribution in [1.29, 1.82) is 0 Å². The molecule has 6 nitrogen and oxygen atoms in total. The maximum absolute atomic E-state index is 13.3. The molecule has 0 unspecified atom stereocenters. The maximum atomic E-state index is 13.3. The zero-order chi connectivity index (χ0) is 24.5. The van der Waals surface area contributed by atoms with Gasteiger partial charge in [0.05, 0.1) is 10.6 Å². The average Bonchev–Trinajstić information content (AvgIpc) is 3.24. The number of sulfonamides is 1. The summed E-state index contributed by atoms with van der Waals surface area (Å²) in [5.74, 6) is 0.487. The van der Waals surface area contributed by atoms with E-state index in [2.05, 4.69) is 19.2 Å². The first-order valence-electron chi connectivity index (χ1n) is 11.4. The molecule has 4 rings (SSSR count). The van der Waals surface area contributed by atoms with E-state index >= 15 is 0 Å². The van der Waals surface area contributed by atoms with Gasteiger partial charge in [-0.15, -0.1) is 0 Å². The van der Waals surface area contributed by atoms with Crippen LogP contribution in [0, 0.1) is 13.8 Å². The summed E-state index contributed by atoms with van der Waals surface area (Å²) in [4.78, 5) is 12.8. The fourth-order valence-corrected chi connectivity index (χ4v) is 5.88. The highest BCUT2D eigenvalue weighted by atomic mass is 32.2. The molecule has 1 N–H and O–H groups in total. The van der Waals surface area contributed by atoms with Crippen molar-refractivity contribution in [2.24, 2.45) is 0 Å². The summed E-state index contributed by atoms with van der Waals surface area (Å²) >= 11 is 0. The number of rotatable bonds is 7. The molecule has 0 spiro atoms. The molecule has 0 saturated heterocycles. The van der Waals surface area contributed by atoms with Gasteiger partial charge < -0.3 is 10.1 Å². The van der Waals surface area contributed by atoms with Crippen molar-refractivity contribution in [3.05, 3.63) is 82.9 Å². The summed E-state index contributed by atoms with van der Waals surface area (Å²) in [6.45, 7) is 8.17. The normalized spacial score (nSPS) is 13.1. The van der Waals surface area contributed by atoms with Crippen LogP contribution in [0.3, 0.4) is 0 Å². The smallest absolute Gasteiger partial charge is 0.264 e. The topological polar surface area (TPSA) is 75.7 Å². The molecule has 1 amide bonds. The number of nitrogens with zero attached hydrogens (tertiary/aromatic N) is 1. The first-order chi connectivity index (χ1) is 16.2. The lowest BCUT2D eigenvalue weighted by Crippen LogP contribution is -2.29. The second kappa shape index (κ2) is 9.50. The van der Waals surface area contributed by atoms with Gasteiger partial charge in [0.15, 0.2) is 6.61 Å². The van der Waals surface area contributed by atoms with Gasteiger partial charge in [-0.25, -0.2) is 8.42 Å². The lowest BCUT2D eigenvalue weighted by atomic mass is 9.98. The number of fused-ring (bicyclic) bond motifs is 1. The molecule has 0 saturated carbocycles. The van der Waals surface area contributed by atoms with E-state index in [0.717, 1.165) is 28.1 Å². The first kappa shape index (κ1) is 23.8. The van der Waals surface area contributed by atoms with Crippen LogP contribution in [-0.2, 0) is 21.2 Å². The molecule has 7 heteroatoms. The van der Waals surface area contributed by atoms with Gasteiger partial charge in [0.2, 0.25) is 0 Å². The standard InChI is InChI=1S/C27H30N2O4S/c1-18(2)23-10-7-8-19(3)27(23)28-26(30)17-33-25-13-12-22(16-20(25)4)34(31,32)29-15-14-21-9-5-6-11-24(21)29/h5-13,16,18H,14-15,17H2,1-4H3,(H,28,30). The largest absolute Gasteiger partial charge is 0.483 e. The van der Waals surface area contributed by atoms with Crippen molar-refractivity contribution >= 4 is 27.3 Å². The minimum absolute atomic E-state index is 0.168. The van der Waals surface area contributed by atoms with Crippen LogP contribution in [0.5, 0.6) is 5.75 Å². The van der Waals surface area contributed by atoms with E-state index in [1.165, 1.54) is 10.4 Å². The zero-order valence-electron chi connectivity index (χ0n) is 20.0. The molecule has 1 aliphatic rings. The van der Waals surface area contributed by atoms with Gasteiger partial charge in [-0.3, -0.25) is 9.10 Å². The molecule has 0 radical (unpaired) electrons. The summed E-state index contributed by atoms with van der Waals surface area (Å²) in [7, 11) is -3.68. The second-order valence-electron chi connectivity index (χ2n) is 8.91. The number of anilines is 2. The third kappa shape index (κ3) is 4.66. The number of para-hydroxylation sites is 2. The Morgan fingerprint density at radius 1 is 1.03 bits per heavy atom. The van der Waals surface area contributed by atoms with Gasteiger partial charge >= 0.3 is 0 Å². The van der Waals surface area contributed by atoms with Gasteiger partial charge in [0.25, 0.3) is 15.9 Å². The number of ether oxygens (including phenoxy) is 1. The predicted molar refractivity (Wildman–Crippen MR) is 135 cm³/mol. The van der Waals surface area contributed by atoms with Crippen LogP contribution in [0.1, 0.15) is 42.0 Å². The minimum Gasteiger partial charge on any atom is -0.483 e. The molecule has 1 aliphatic heterocycles. The number of nitrogens with one attached hydrogen (secondary N) is 1. The van der Waals surface area contributed by atoms with Crippen LogP contribution in [0.2, 0.25) is 0 Å². The number of amides is 1. The number of hydrogen-bond donors (Lipinski definition) is 1. The van der Waals surface area contributed by atoms with Gasteiger partial charge in [-0.05, 0) is 72.7 Å². The molecule has 0 fully saturated rings. The molecule has 0 bridgehead atoms. The van der Waals surface area contributed by atoms with Crippen LogP contribution in [-0.4, -0.2) is 27.5 Å². The minimum atomic E-state index is -3.68. The molecule has 3 aromatic carbocycles. The van der Waals surface area contributed by atoms with Crippen molar-refractivity contribution in [3.63, 3.8) is 0 Å². The Morgan fingerprint density at radius 3 is 2.53 bits per heavy atom. The predicted octanol–water partition coefficient (Wildman–Crippen LogP) is 5.20. The Bertz CT molecular complexity index is 1330. The Morgan fingerprint density at radius 2 is 1.79 bits per heavy atom. The molecule has 34 heavy (non-hydrogen) atoms. The van der Waals surface area contributed by atoms with E-state index in [1.807, 2.05) is 49.4 Å². The Balaban J connectivity index is 1.46. The van der Waals surface area contributed by atoms with Gasteiger partial charge in [-0.2, -0.15) is 0 Å². The van der Waals surface area contributed by atoms with Crippen molar-refractivity contribution in [3.8, 4) is 5.75 Å². The number of hydrogen-bond acceptors (Lipinski definition) is 4. The van der Waals surface area contributed by atoms with Crippen molar-refractivity contribution in [1.82, 2.24) is 0 Å². The first-order valence-corrected chi connectivity index (χ1v) is 12.9. The van der Waals surface area contributed by atoms with Crippen molar-refractivity contribution in [2.45, 2.75) is 44.9 Å². The molecule has 3 aromatic rings. The summed E-state index contributed by atoms with van der Waals surface area (Å²) in [6.07, 6.45) is 0.699. The fraction of sp³-hybridized carbons (Fsp3) is 0.296. The zero-order valence-corrected chi connectivity index (χ0v) is 20.8. The highest BCUT2D eigenvalue weighted by Crippen LogP contribution is 2.34. The number of benzene rings is 3. The molecule has 0 aliphatic carbocycles. The maximum Gasteiger partial charge on any atom is 0.264 e. The Kier molecular flexibility index (Phi) is 6.66. The summed E-state index contributed by atoms with van der Waals surface area (Å²) < 4.78 is 33.7. The van der Waals surface area contributed by atoms with E-state index in [1.54, 1.807) is 19.1 Å². The summed E-state index contributed by atoms with van der Waals surface area (Å²) in [5, 5.41) is 2.97. The lowest BCUT2D eigenvalue weighted by Gasteiger charge is -2.20. The van der Waals surface area contributed by atoms with Gasteiger partial charge in [0, 0.05) is 12.2 Å². The second-order valence-corrected chi connectivity index (χ2v) is 10.8. The Labute approximate surface area is 201 Å². The molecular weight excluding hydrogens is 448 g/mol. The highest BCUT2D eigenvalue weighted by Gasteiger charge is 2.30. The van der Waals surface area contributed by atoms with E-state index in [-0.39, 0.29) is 23.3 Å². The van der Waals surface area contributed by atoms with E-state index in [0.29, 0.717) is 24.3 Å². The molecule has 0 atom stereocenters. The van der Waals surface area contributed by atoms with E-state index in [9.17, 15) is 13.2 Å². The molecule has 1 heterocycles. The van der Waals surface area contributed by atoms with Gasteiger partial charge in [-0.1, -0.05) is 50.2 Å². The third-order valence-electron chi connectivity index (χ3n) is 6.13. The van der Waals surface area contributed by atoms with Crippen molar-refractivity contribution in [2.75, 3.05) is 22.8 Å². The fourth-order valence-electron chi connectivity index (χ4n) is 4.29. The highest BCUT2D eigenvalue weighted by molar-refractivity contribution is 7.92. The van der Waals surface area contributed by atoms with Gasteiger partial charge in [0.1, 0.15) is 5.75 Å². The van der Waals surface area contributed by atoms with Crippen LogP contribution >= 0.6 is 0 Å². The van der Waals surface area contributed by atoms with E-state index < -0.39 is 10.0 Å². The quantitative estimate of drug-likeness (QED) is 0.507. The van der Waals surface area contributed by atoms with Crippen LogP contribution < -0.4 is 14.4 Å². The summed E-state index contributed by atoms with van der Waals surface area (Å²) in [5.41, 5.74) is 5.30.